The molecule has 1 aromatic heterocycles. The van der Waals surface area contributed by atoms with Crippen LogP contribution in [0.1, 0.15) is 25.1 Å². The maximum Gasteiger partial charge on any atom is 0.0931 e. The van der Waals surface area contributed by atoms with Crippen molar-refractivity contribution in [3.8, 4) is 0 Å². The number of pyridine rings is 1. The molecule has 1 heterocycles. The van der Waals surface area contributed by atoms with Gasteiger partial charge in [-0.05, 0) is 46.1 Å². The van der Waals surface area contributed by atoms with Gasteiger partial charge in [0.2, 0.25) is 0 Å². The van der Waals surface area contributed by atoms with Gasteiger partial charge < -0.3 is 14.9 Å². The van der Waals surface area contributed by atoms with Gasteiger partial charge in [-0.1, -0.05) is 0 Å². The Hall–Kier alpha value is -1.13. The Balaban J connectivity index is 2.48. The van der Waals surface area contributed by atoms with Crippen LogP contribution in [0.5, 0.6) is 0 Å². The van der Waals surface area contributed by atoms with Crippen LogP contribution in [0.2, 0.25) is 0 Å². The smallest absolute Gasteiger partial charge is 0.0931 e. The first-order chi connectivity index (χ1) is 8.00. The summed E-state index contributed by atoms with van der Waals surface area (Å²) in [5.41, 5.74) is 1.81. The lowest BCUT2D eigenvalue weighted by Crippen LogP contribution is -2.23. The molecule has 0 aliphatic heterocycles. The van der Waals surface area contributed by atoms with Crippen LogP contribution in [0.4, 0.5) is 5.69 Å². The second-order valence-corrected chi connectivity index (χ2v) is 4.70. The third-order valence-electron chi connectivity index (χ3n) is 2.74. The Labute approximate surface area is 104 Å². The molecule has 0 unspecified atom stereocenters. The van der Waals surface area contributed by atoms with Crippen molar-refractivity contribution in [3.05, 3.63) is 24.0 Å². The van der Waals surface area contributed by atoms with Crippen LogP contribution in [0.15, 0.2) is 18.3 Å². The monoisotopic (exact) mass is 237 g/mol. The van der Waals surface area contributed by atoms with Crippen molar-refractivity contribution in [3.63, 3.8) is 0 Å². The highest BCUT2D eigenvalue weighted by atomic mass is 16.3. The number of anilines is 1. The van der Waals surface area contributed by atoms with E-state index in [2.05, 4.69) is 35.9 Å². The molecule has 0 aliphatic rings. The summed E-state index contributed by atoms with van der Waals surface area (Å²) in [7, 11) is 6.23. The zero-order chi connectivity index (χ0) is 12.8. The Kier molecular flexibility index (Phi) is 5.38. The summed E-state index contributed by atoms with van der Waals surface area (Å²) < 4.78 is 0. The molecular weight excluding hydrogens is 214 g/mol. The van der Waals surface area contributed by atoms with Crippen molar-refractivity contribution in [2.75, 3.05) is 39.1 Å². The van der Waals surface area contributed by atoms with Crippen molar-refractivity contribution in [2.24, 2.45) is 0 Å². The fourth-order valence-corrected chi connectivity index (χ4v) is 1.62. The number of aliphatic hydroxyl groups excluding tert-OH is 1. The minimum atomic E-state index is -0.497. The highest BCUT2D eigenvalue weighted by Crippen LogP contribution is 2.15. The van der Waals surface area contributed by atoms with E-state index in [-0.39, 0.29) is 0 Å². The third kappa shape index (κ3) is 4.71. The van der Waals surface area contributed by atoms with Crippen LogP contribution in [0, 0.1) is 0 Å². The predicted molar refractivity (Wildman–Crippen MR) is 71.3 cm³/mol. The van der Waals surface area contributed by atoms with Crippen LogP contribution in [-0.4, -0.2) is 49.2 Å². The molecule has 1 N–H and O–H groups in total. The van der Waals surface area contributed by atoms with Crippen LogP contribution < -0.4 is 4.90 Å². The molecule has 1 atom stereocenters. The Morgan fingerprint density at radius 1 is 1.24 bits per heavy atom. The summed E-state index contributed by atoms with van der Waals surface area (Å²) in [5, 5.41) is 9.37. The number of nitrogens with zero attached hydrogens (tertiary/aromatic N) is 3. The molecule has 1 aromatic rings. The quantitative estimate of drug-likeness (QED) is 0.814. The lowest BCUT2D eigenvalue weighted by Gasteiger charge is -2.20. The fraction of sp³-hybridized carbons (Fsp3) is 0.615. The van der Waals surface area contributed by atoms with Gasteiger partial charge in [0, 0.05) is 13.6 Å². The van der Waals surface area contributed by atoms with Crippen LogP contribution in [-0.2, 0) is 0 Å². The van der Waals surface area contributed by atoms with Crippen molar-refractivity contribution in [1.29, 1.82) is 0 Å². The summed E-state index contributed by atoms with van der Waals surface area (Å²) in [6.45, 7) is 3.82. The van der Waals surface area contributed by atoms with Crippen molar-refractivity contribution in [1.82, 2.24) is 9.88 Å². The molecule has 1 rings (SSSR count). The van der Waals surface area contributed by atoms with E-state index in [4.69, 9.17) is 0 Å². The normalized spacial score (nSPS) is 12.8. The van der Waals surface area contributed by atoms with E-state index in [1.807, 2.05) is 18.3 Å². The number of hydrogen-bond donors (Lipinski definition) is 1. The Bertz CT molecular complexity index is 322. The van der Waals surface area contributed by atoms with Gasteiger partial charge in [0.05, 0.1) is 23.7 Å². The topological polar surface area (TPSA) is 39.6 Å². The van der Waals surface area contributed by atoms with Crippen molar-refractivity contribution >= 4 is 5.69 Å². The van der Waals surface area contributed by atoms with E-state index in [1.54, 1.807) is 6.92 Å². The average molecular weight is 237 g/mol. The van der Waals surface area contributed by atoms with E-state index in [0.29, 0.717) is 0 Å². The predicted octanol–water partition coefficient (Wildman–Crippen LogP) is 1.52. The maximum atomic E-state index is 9.37. The molecule has 0 fully saturated rings. The second-order valence-electron chi connectivity index (χ2n) is 4.70. The molecule has 0 aromatic carbocycles. The molecule has 0 saturated heterocycles. The second kappa shape index (κ2) is 6.57. The van der Waals surface area contributed by atoms with E-state index in [1.165, 1.54) is 0 Å². The molecule has 4 nitrogen and oxygen atoms in total. The molecule has 0 spiro atoms. The summed E-state index contributed by atoms with van der Waals surface area (Å²) in [6, 6.07) is 3.88. The molecule has 96 valence electrons. The lowest BCUT2D eigenvalue weighted by atomic mass is 10.2. The van der Waals surface area contributed by atoms with Gasteiger partial charge in [0.1, 0.15) is 0 Å². The van der Waals surface area contributed by atoms with Crippen molar-refractivity contribution < 1.29 is 5.11 Å². The summed E-state index contributed by atoms with van der Waals surface area (Å²) >= 11 is 0. The van der Waals surface area contributed by atoms with Crippen molar-refractivity contribution in [2.45, 2.75) is 19.4 Å². The molecule has 0 saturated carbocycles. The number of aromatic nitrogens is 1. The summed E-state index contributed by atoms with van der Waals surface area (Å²) in [5.74, 6) is 0. The van der Waals surface area contributed by atoms with E-state index in [0.717, 1.165) is 30.9 Å². The average Bonchev–Trinajstić information content (AvgIpc) is 2.28. The standard InChI is InChI=1S/C13H23N3O/c1-11(17)13-7-6-12(10-14-13)16(4)9-5-8-15(2)3/h6-7,10-11,17H,5,8-9H2,1-4H3/t11-/m1/s1. The molecule has 0 radical (unpaired) electrons. The van der Waals surface area contributed by atoms with E-state index in [9.17, 15) is 5.11 Å². The first-order valence-electron chi connectivity index (χ1n) is 6.00. The van der Waals surface area contributed by atoms with Crippen LogP contribution >= 0.6 is 0 Å². The third-order valence-corrected chi connectivity index (χ3v) is 2.74. The molecule has 0 amide bonds. The zero-order valence-electron chi connectivity index (χ0n) is 11.2. The van der Waals surface area contributed by atoms with Crippen LogP contribution in [0.25, 0.3) is 0 Å². The zero-order valence-corrected chi connectivity index (χ0v) is 11.2. The summed E-state index contributed by atoms with van der Waals surface area (Å²) in [4.78, 5) is 8.61. The molecule has 0 aliphatic carbocycles. The van der Waals surface area contributed by atoms with Gasteiger partial charge >= 0.3 is 0 Å². The SMILES string of the molecule is C[C@@H](O)c1ccc(N(C)CCCN(C)C)cn1. The van der Waals surface area contributed by atoms with Gasteiger partial charge in [0.15, 0.2) is 0 Å². The Morgan fingerprint density at radius 3 is 2.41 bits per heavy atom. The van der Waals surface area contributed by atoms with E-state index >= 15 is 0 Å². The van der Waals surface area contributed by atoms with Gasteiger partial charge in [-0.2, -0.15) is 0 Å². The van der Waals surface area contributed by atoms with Crippen LogP contribution in [0.3, 0.4) is 0 Å². The van der Waals surface area contributed by atoms with Gasteiger partial charge in [0.25, 0.3) is 0 Å². The molecule has 17 heavy (non-hydrogen) atoms. The number of hydrogen-bond acceptors (Lipinski definition) is 4. The minimum absolute atomic E-state index is 0.497. The molecule has 0 bridgehead atoms. The summed E-state index contributed by atoms with van der Waals surface area (Å²) in [6.07, 6.45) is 2.45. The van der Waals surface area contributed by atoms with Gasteiger partial charge in [-0.15, -0.1) is 0 Å². The largest absolute Gasteiger partial charge is 0.387 e. The number of rotatable bonds is 6. The fourth-order valence-electron chi connectivity index (χ4n) is 1.62. The molecular formula is C13H23N3O. The first-order valence-corrected chi connectivity index (χ1v) is 6.00. The molecule has 4 heteroatoms. The highest BCUT2D eigenvalue weighted by molar-refractivity contribution is 5.43. The van der Waals surface area contributed by atoms with Gasteiger partial charge in [-0.3, -0.25) is 4.98 Å². The maximum absolute atomic E-state index is 9.37. The number of aliphatic hydroxyl groups is 1. The lowest BCUT2D eigenvalue weighted by molar-refractivity contribution is 0.194. The first kappa shape index (κ1) is 13.9. The van der Waals surface area contributed by atoms with Gasteiger partial charge in [-0.25, -0.2) is 0 Å². The Morgan fingerprint density at radius 2 is 1.94 bits per heavy atom. The highest BCUT2D eigenvalue weighted by Gasteiger charge is 2.04. The van der Waals surface area contributed by atoms with E-state index < -0.39 is 6.10 Å². The minimum Gasteiger partial charge on any atom is -0.387 e.